The summed E-state index contributed by atoms with van der Waals surface area (Å²) >= 11 is 6.02. The number of carbonyl (C=O) groups excluding carboxylic acids is 1. The molecule has 0 saturated carbocycles. The number of halogens is 1. The molecule has 0 aromatic heterocycles. The van der Waals surface area contributed by atoms with Gasteiger partial charge in [0.15, 0.2) is 0 Å². The lowest BCUT2D eigenvalue weighted by molar-refractivity contribution is 0.0954. The summed E-state index contributed by atoms with van der Waals surface area (Å²) in [6.45, 7) is 4.58. The van der Waals surface area contributed by atoms with Crippen molar-refractivity contribution in [1.82, 2.24) is 10.6 Å². The third-order valence-electron chi connectivity index (χ3n) is 3.32. The zero-order chi connectivity index (χ0) is 13.7. The number of rotatable bonds is 4. The smallest absolute Gasteiger partial charge is 0.251 e. The first-order valence-electron chi connectivity index (χ1n) is 6.60. The number of benzene rings is 1. The van der Waals surface area contributed by atoms with Gasteiger partial charge in [0.25, 0.3) is 5.91 Å². The van der Waals surface area contributed by atoms with Crippen LogP contribution >= 0.6 is 11.6 Å². The van der Waals surface area contributed by atoms with Gasteiger partial charge in [-0.25, -0.2) is 0 Å². The molecule has 1 amide bonds. The molecule has 1 aliphatic rings. The molecule has 0 aliphatic carbocycles. The Balaban J connectivity index is 1.83. The summed E-state index contributed by atoms with van der Waals surface area (Å²) < 4.78 is 0. The first-order valence-corrected chi connectivity index (χ1v) is 6.97. The molecule has 0 unspecified atom stereocenters. The van der Waals surface area contributed by atoms with Crippen LogP contribution in [-0.4, -0.2) is 25.5 Å². The van der Waals surface area contributed by atoms with Gasteiger partial charge in [-0.05, 0) is 44.0 Å². The molecule has 1 aromatic carbocycles. The quantitative estimate of drug-likeness (QED) is 0.832. The fourth-order valence-electron chi connectivity index (χ4n) is 2.07. The third-order valence-corrected chi connectivity index (χ3v) is 3.73. The van der Waals surface area contributed by atoms with Crippen molar-refractivity contribution in [2.24, 2.45) is 0 Å². The Morgan fingerprint density at radius 1 is 1.47 bits per heavy atom. The molecule has 2 N–H and O–H groups in total. The van der Waals surface area contributed by atoms with Crippen molar-refractivity contribution in [3.8, 4) is 0 Å². The van der Waals surface area contributed by atoms with Crippen molar-refractivity contribution in [2.45, 2.75) is 19.8 Å². The summed E-state index contributed by atoms with van der Waals surface area (Å²) in [5.41, 5.74) is 3.02. The van der Waals surface area contributed by atoms with E-state index in [4.69, 9.17) is 11.6 Å². The average Bonchev–Trinajstić information content (AvgIpc) is 2.43. The van der Waals surface area contributed by atoms with Gasteiger partial charge in [0.2, 0.25) is 0 Å². The minimum Gasteiger partial charge on any atom is -0.352 e. The van der Waals surface area contributed by atoms with Gasteiger partial charge in [0, 0.05) is 23.7 Å². The molecule has 0 saturated heterocycles. The number of carbonyl (C=O) groups is 1. The summed E-state index contributed by atoms with van der Waals surface area (Å²) in [6.07, 6.45) is 4.21. The minimum absolute atomic E-state index is 0.0589. The Hall–Kier alpha value is -1.32. The van der Waals surface area contributed by atoms with Crippen molar-refractivity contribution in [1.29, 1.82) is 0 Å². The van der Waals surface area contributed by atoms with Crippen LogP contribution < -0.4 is 10.6 Å². The van der Waals surface area contributed by atoms with Crippen molar-refractivity contribution < 1.29 is 4.79 Å². The van der Waals surface area contributed by atoms with E-state index in [0.29, 0.717) is 17.1 Å². The van der Waals surface area contributed by atoms with Crippen LogP contribution in [0.3, 0.4) is 0 Å². The fraction of sp³-hybridized carbons (Fsp3) is 0.400. The van der Waals surface area contributed by atoms with Gasteiger partial charge in [0.05, 0.1) is 0 Å². The summed E-state index contributed by atoms with van der Waals surface area (Å²) in [6, 6.07) is 5.39. The molecular weight excluding hydrogens is 260 g/mol. The standard InChI is InChI=1S/C15H19ClN2O/c1-11-2-3-13(10-14(11)16)15(19)18-9-6-12-4-7-17-8-5-12/h2-4,10,17H,5-9H2,1H3,(H,18,19). The summed E-state index contributed by atoms with van der Waals surface area (Å²) in [5.74, 6) is -0.0589. The molecule has 0 fully saturated rings. The zero-order valence-electron chi connectivity index (χ0n) is 11.1. The molecule has 3 nitrogen and oxygen atoms in total. The topological polar surface area (TPSA) is 41.1 Å². The van der Waals surface area contributed by atoms with E-state index in [2.05, 4.69) is 16.7 Å². The van der Waals surface area contributed by atoms with Crippen molar-refractivity contribution in [2.75, 3.05) is 19.6 Å². The number of aryl methyl sites for hydroxylation is 1. The highest BCUT2D eigenvalue weighted by atomic mass is 35.5. The molecule has 1 aliphatic heterocycles. The van der Waals surface area contributed by atoms with Gasteiger partial charge in [-0.15, -0.1) is 0 Å². The molecule has 4 heteroatoms. The maximum absolute atomic E-state index is 11.9. The SMILES string of the molecule is Cc1ccc(C(=O)NCCC2=CCNCC2)cc1Cl. The van der Waals surface area contributed by atoms with Crippen LogP contribution in [0.25, 0.3) is 0 Å². The van der Waals surface area contributed by atoms with E-state index >= 15 is 0 Å². The Kier molecular flexibility index (Phi) is 5.00. The Morgan fingerprint density at radius 3 is 3.00 bits per heavy atom. The van der Waals surface area contributed by atoms with Gasteiger partial charge in [-0.1, -0.05) is 29.3 Å². The molecule has 1 heterocycles. The van der Waals surface area contributed by atoms with Crippen LogP contribution in [-0.2, 0) is 0 Å². The number of amides is 1. The van der Waals surface area contributed by atoms with Crippen LogP contribution in [0.2, 0.25) is 5.02 Å². The summed E-state index contributed by atoms with van der Waals surface area (Å²) in [5, 5.41) is 6.84. The maximum atomic E-state index is 11.9. The van der Waals surface area contributed by atoms with Crippen LogP contribution in [0, 0.1) is 6.92 Å². The van der Waals surface area contributed by atoms with Crippen LogP contribution in [0.4, 0.5) is 0 Å². The zero-order valence-corrected chi connectivity index (χ0v) is 11.9. The predicted octanol–water partition coefficient (Wildman–Crippen LogP) is 2.69. The van der Waals surface area contributed by atoms with E-state index < -0.39 is 0 Å². The lowest BCUT2D eigenvalue weighted by Crippen LogP contribution is -2.26. The Bertz CT molecular complexity index is 497. The minimum atomic E-state index is -0.0589. The van der Waals surface area contributed by atoms with Gasteiger partial charge >= 0.3 is 0 Å². The fourth-order valence-corrected chi connectivity index (χ4v) is 2.25. The average molecular weight is 279 g/mol. The lowest BCUT2D eigenvalue weighted by Gasteiger charge is -2.14. The van der Waals surface area contributed by atoms with Crippen molar-refractivity contribution in [3.05, 3.63) is 46.0 Å². The van der Waals surface area contributed by atoms with Gasteiger partial charge in [0.1, 0.15) is 0 Å². The monoisotopic (exact) mass is 278 g/mol. The van der Waals surface area contributed by atoms with E-state index in [-0.39, 0.29) is 5.91 Å². The Morgan fingerprint density at radius 2 is 2.32 bits per heavy atom. The van der Waals surface area contributed by atoms with E-state index in [1.54, 1.807) is 12.1 Å². The molecule has 0 atom stereocenters. The van der Waals surface area contributed by atoms with Crippen molar-refractivity contribution >= 4 is 17.5 Å². The van der Waals surface area contributed by atoms with Crippen LogP contribution in [0.5, 0.6) is 0 Å². The highest BCUT2D eigenvalue weighted by molar-refractivity contribution is 6.31. The molecule has 1 aromatic rings. The second kappa shape index (κ2) is 6.73. The highest BCUT2D eigenvalue weighted by Gasteiger charge is 2.08. The normalized spacial score (nSPS) is 14.9. The second-order valence-corrected chi connectivity index (χ2v) is 5.19. The van der Waals surface area contributed by atoms with Gasteiger partial charge < -0.3 is 10.6 Å². The number of hydrogen-bond acceptors (Lipinski definition) is 2. The highest BCUT2D eigenvalue weighted by Crippen LogP contribution is 2.16. The molecular formula is C15H19ClN2O. The largest absolute Gasteiger partial charge is 0.352 e. The summed E-state index contributed by atoms with van der Waals surface area (Å²) in [7, 11) is 0. The van der Waals surface area contributed by atoms with E-state index in [0.717, 1.165) is 31.5 Å². The third kappa shape index (κ3) is 4.08. The second-order valence-electron chi connectivity index (χ2n) is 4.79. The maximum Gasteiger partial charge on any atom is 0.251 e. The molecule has 0 bridgehead atoms. The lowest BCUT2D eigenvalue weighted by atomic mass is 10.1. The number of hydrogen-bond donors (Lipinski definition) is 2. The van der Waals surface area contributed by atoms with E-state index in [1.807, 2.05) is 13.0 Å². The van der Waals surface area contributed by atoms with E-state index in [1.165, 1.54) is 5.57 Å². The predicted molar refractivity (Wildman–Crippen MR) is 78.7 cm³/mol. The molecule has 0 spiro atoms. The van der Waals surface area contributed by atoms with Gasteiger partial charge in [-0.2, -0.15) is 0 Å². The molecule has 19 heavy (non-hydrogen) atoms. The Labute approximate surface area is 119 Å². The first-order chi connectivity index (χ1) is 9.16. The molecule has 0 radical (unpaired) electrons. The van der Waals surface area contributed by atoms with Gasteiger partial charge in [-0.3, -0.25) is 4.79 Å². The molecule has 102 valence electrons. The molecule has 2 rings (SSSR count). The summed E-state index contributed by atoms with van der Waals surface area (Å²) in [4.78, 5) is 11.9. The van der Waals surface area contributed by atoms with E-state index in [9.17, 15) is 4.79 Å². The first kappa shape index (κ1) is 14.1. The number of nitrogens with one attached hydrogen (secondary N) is 2. The van der Waals surface area contributed by atoms with Crippen molar-refractivity contribution in [3.63, 3.8) is 0 Å². The van der Waals surface area contributed by atoms with Crippen LogP contribution in [0.15, 0.2) is 29.8 Å². The van der Waals surface area contributed by atoms with Crippen LogP contribution in [0.1, 0.15) is 28.8 Å².